The molecule has 3 unspecified atom stereocenters. The van der Waals surface area contributed by atoms with Crippen molar-refractivity contribution < 1.29 is 32.9 Å². The van der Waals surface area contributed by atoms with E-state index in [0.29, 0.717) is 17.4 Å². The molecule has 0 aromatic carbocycles. The first-order chi connectivity index (χ1) is 30.0. The standard InChI is InChI=1S/C53H103N2O6P/c1-6-8-10-12-14-16-18-20-22-24-26-27-29-31-33-35-37-39-41-43-45-47-53(57)54-51(50-61-62(58,59)60-49-48-55(3,4)5)52(56)46-44-42-40-38-36-34-32-30-28-25-23-21-19-17-15-13-11-9-7-2/h18,20,24,26,44,46,51-52,56H,6-17,19,21-23,25,27-43,45,47-50H2,1-5H3,(H-,54,57,58,59)/p+1/b20-18-,26-24-,46-44+. The van der Waals surface area contributed by atoms with Gasteiger partial charge < -0.3 is 19.8 Å². The lowest BCUT2D eigenvalue weighted by atomic mass is 10.0. The molecule has 366 valence electrons. The van der Waals surface area contributed by atoms with E-state index in [2.05, 4.69) is 43.5 Å². The van der Waals surface area contributed by atoms with Crippen molar-refractivity contribution in [3.63, 3.8) is 0 Å². The van der Waals surface area contributed by atoms with E-state index in [4.69, 9.17) is 9.05 Å². The molecule has 0 saturated carbocycles. The Morgan fingerprint density at radius 3 is 1.32 bits per heavy atom. The van der Waals surface area contributed by atoms with E-state index >= 15 is 0 Å². The van der Waals surface area contributed by atoms with Crippen molar-refractivity contribution in [1.29, 1.82) is 0 Å². The molecule has 62 heavy (non-hydrogen) atoms. The van der Waals surface area contributed by atoms with Crippen molar-refractivity contribution in [1.82, 2.24) is 5.32 Å². The number of likely N-dealkylation sites (N-methyl/N-ethyl adjacent to an activating group) is 1. The smallest absolute Gasteiger partial charge is 0.387 e. The van der Waals surface area contributed by atoms with E-state index in [1.54, 1.807) is 6.08 Å². The second-order valence-corrected chi connectivity index (χ2v) is 20.7. The fourth-order valence-electron chi connectivity index (χ4n) is 7.66. The molecule has 0 aliphatic heterocycles. The molecule has 0 heterocycles. The predicted molar refractivity (Wildman–Crippen MR) is 268 cm³/mol. The van der Waals surface area contributed by atoms with Gasteiger partial charge in [0.2, 0.25) is 5.91 Å². The van der Waals surface area contributed by atoms with E-state index in [1.807, 2.05) is 27.2 Å². The van der Waals surface area contributed by atoms with Gasteiger partial charge in [0.15, 0.2) is 0 Å². The van der Waals surface area contributed by atoms with Crippen molar-refractivity contribution in [2.45, 2.75) is 257 Å². The van der Waals surface area contributed by atoms with Crippen LogP contribution in [-0.4, -0.2) is 73.4 Å². The Kier molecular flexibility index (Phi) is 44.0. The Balaban J connectivity index is 4.30. The number of aliphatic hydroxyl groups excluding tert-OH is 1. The zero-order valence-electron chi connectivity index (χ0n) is 41.6. The fraction of sp³-hybridized carbons (Fsp3) is 0.868. The SMILES string of the molecule is CCCCCCC/C=C\C/C=C\CCCCCCCCCCCC(=O)NC(COP(=O)(O)OCC[N+](C)(C)C)C(O)/C=C/CCCCCCCCCCCCCCCCCCC. The summed E-state index contributed by atoms with van der Waals surface area (Å²) in [5.74, 6) is -0.180. The van der Waals surface area contributed by atoms with E-state index in [1.165, 1.54) is 180 Å². The number of nitrogens with one attached hydrogen (secondary N) is 1. The molecule has 0 spiro atoms. The molecule has 0 bridgehead atoms. The number of phosphoric ester groups is 1. The quantitative estimate of drug-likeness (QED) is 0.0243. The van der Waals surface area contributed by atoms with Crippen LogP contribution in [0.1, 0.15) is 245 Å². The van der Waals surface area contributed by atoms with Gasteiger partial charge in [-0.3, -0.25) is 13.8 Å². The number of rotatable bonds is 48. The number of hydrogen-bond acceptors (Lipinski definition) is 5. The average Bonchev–Trinajstić information content (AvgIpc) is 3.23. The molecule has 0 aliphatic rings. The highest BCUT2D eigenvalue weighted by Gasteiger charge is 2.27. The second kappa shape index (κ2) is 44.9. The van der Waals surface area contributed by atoms with Crippen molar-refractivity contribution in [3.8, 4) is 0 Å². The van der Waals surface area contributed by atoms with Crippen LogP contribution in [0.25, 0.3) is 0 Å². The van der Waals surface area contributed by atoms with E-state index in [9.17, 15) is 19.4 Å². The summed E-state index contributed by atoms with van der Waals surface area (Å²) in [4.78, 5) is 23.2. The van der Waals surface area contributed by atoms with E-state index in [-0.39, 0.29) is 19.1 Å². The van der Waals surface area contributed by atoms with Crippen molar-refractivity contribution in [2.75, 3.05) is 40.9 Å². The van der Waals surface area contributed by atoms with E-state index in [0.717, 1.165) is 44.9 Å². The molecule has 1 amide bonds. The molecule has 0 radical (unpaired) electrons. The van der Waals surface area contributed by atoms with Gasteiger partial charge in [-0.2, -0.15) is 0 Å². The number of quaternary nitrogens is 1. The summed E-state index contributed by atoms with van der Waals surface area (Å²) >= 11 is 0. The van der Waals surface area contributed by atoms with Crippen LogP contribution in [0.2, 0.25) is 0 Å². The molecular formula is C53H104N2O6P+. The maximum atomic E-state index is 12.9. The number of unbranched alkanes of at least 4 members (excludes halogenated alkanes) is 31. The third-order valence-electron chi connectivity index (χ3n) is 11.9. The molecule has 3 atom stereocenters. The lowest BCUT2D eigenvalue weighted by molar-refractivity contribution is -0.870. The maximum absolute atomic E-state index is 12.9. The highest BCUT2D eigenvalue weighted by Crippen LogP contribution is 2.43. The summed E-state index contributed by atoms with van der Waals surface area (Å²) in [6, 6.07) is -0.848. The van der Waals surface area contributed by atoms with Crippen molar-refractivity contribution in [3.05, 3.63) is 36.5 Å². The third kappa shape index (κ3) is 46.7. The molecular weight excluding hydrogens is 792 g/mol. The molecule has 0 rings (SSSR count). The van der Waals surface area contributed by atoms with Gasteiger partial charge >= 0.3 is 7.82 Å². The number of nitrogens with zero attached hydrogens (tertiary/aromatic N) is 1. The first-order valence-electron chi connectivity index (χ1n) is 26.4. The van der Waals surface area contributed by atoms with Crippen LogP contribution in [0.3, 0.4) is 0 Å². The topological polar surface area (TPSA) is 105 Å². The maximum Gasteiger partial charge on any atom is 0.472 e. The van der Waals surface area contributed by atoms with Crippen LogP contribution in [0.15, 0.2) is 36.5 Å². The normalized spacial score (nSPS) is 14.4. The van der Waals surface area contributed by atoms with Gasteiger partial charge in [-0.1, -0.05) is 224 Å². The Bertz CT molecular complexity index is 1110. The van der Waals surface area contributed by atoms with Crippen molar-refractivity contribution in [2.24, 2.45) is 0 Å². The van der Waals surface area contributed by atoms with Crippen molar-refractivity contribution >= 4 is 13.7 Å². The zero-order chi connectivity index (χ0) is 45.7. The molecule has 8 nitrogen and oxygen atoms in total. The lowest BCUT2D eigenvalue weighted by Crippen LogP contribution is -2.45. The van der Waals surface area contributed by atoms with Crippen LogP contribution >= 0.6 is 7.82 Å². The molecule has 3 N–H and O–H groups in total. The van der Waals surface area contributed by atoms with Gasteiger partial charge in [-0.15, -0.1) is 0 Å². The van der Waals surface area contributed by atoms with Crippen LogP contribution < -0.4 is 5.32 Å². The van der Waals surface area contributed by atoms with Gasteiger partial charge in [-0.25, -0.2) is 4.57 Å². The average molecular weight is 896 g/mol. The fourth-order valence-corrected chi connectivity index (χ4v) is 8.40. The molecule has 0 aromatic heterocycles. The van der Waals surface area contributed by atoms with Gasteiger partial charge in [0, 0.05) is 6.42 Å². The Morgan fingerprint density at radius 2 is 0.919 bits per heavy atom. The van der Waals surface area contributed by atoms with Gasteiger partial charge in [-0.05, 0) is 51.4 Å². The van der Waals surface area contributed by atoms with Crippen LogP contribution in [0.5, 0.6) is 0 Å². The number of aliphatic hydroxyl groups is 1. The summed E-state index contributed by atoms with van der Waals surface area (Å²) in [5.41, 5.74) is 0. The number of hydrogen-bond donors (Lipinski definition) is 3. The highest BCUT2D eigenvalue weighted by molar-refractivity contribution is 7.47. The Labute approximate surface area is 385 Å². The molecule has 0 fully saturated rings. The number of amides is 1. The third-order valence-corrected chi connectivity index (χ3v) is 12.8. The molecule has 0 aromatic rings. The summed E-state index contributed by atoms with van der Waals surface area (Å²) in [5, 5.41) is 13.9. The number of carbonyl (C=O) groups excluding carboxylic acids is 1. The lowest BCUT2D eigenvalue weighted by Gasteiger charge is -2.25. The molecule has 9 heteroatoms. The summed E-state index contributed by atoms with van der Waals surface area (Å²) in [7, 11) is 1.57. The zero-order valence-corrected chi connectivity index (χ0v) is 42.5. The van der Waals surface area contributed by atoms with Gasteiger partial charge in [0.05, 0.1) is 39.9 Å². The number of carbonyl (C=O) groups is 1. The Morgan fingerprint density at radius 1 is 0.548 bits per heavy atom. The monoisotopic (exact) mass is 896 g/mol. The second-order valence-electron chi connectivity index (χ2n) is 19.3. The minimum Gasteiger partial charge on any atom is -0.387 e. The van der Waals surface area contributed by atoms with Gasteiger partial charge in [0.25, 0.3) is 0 Å². The summed E-state index contributed by atoms with van der Waals surface area (Å²) in [6.45, 7) is 4.82. The van der Waals surface area contributed by atoms with Gasteiger partial charge in [0.1, 0.15) is 13.2 Å². The Hall–Kier alpha value is -1.28. The summed E-state index contributed by atoms with van der Waals surface area (Å²) in [6.07, 6.45) is 56.5. The number of phosphoric acid groups is 1. The van der Waals surface area contributed by atoms with Crippen LogP contribution in [0.4, 0.5) is 0 Å². The predicted octanol–water partition coefficient (Wildman–Crippen LogP) is 15.4. The molecule has 0 aliphatic carbocycles. The van der Waals surface area contributed by atoms with Crippen LogP contribution in [0, 0.1) is 0 Å². The van der Waals surface area contributed by atoms with E-state index < -0.39 is 20.0 Å². The number of allylic oxidation sites excluding steroid dienone is 5. The molecule has 0 saturated heterocycles. The van der Waals surface area contributed by atoms with Crippen LogP contribution in [-0.2, 0) is 18.4 Å². The summed E-state index contributed by atoms with van der Waals surface area (Å²) < 4.78 is 23.7. The largest absolute Gasteiger partial charge is 0.472 e. The first-order valence-corrected chi connectivity index (χ1v) is 27.9. The minimum atomic E-state index is -4.34. The minimum absolute atomic E-state index is 0.0609. The highest BCUT2D eigenvalue weighted by atomic mass is 31.2. The first kappa shape index (κ1) is 60.7.